The molecule has 1 aliphatic carbocycles. The fraction of sp³-hybridized carbons (Fsp3) is 0.400. The predicted molar refractivity (Wildman–Crippen MR) is 71.2 cm³/mol. The van der Waals surface area contributed by atoms with Gasteiger partial charge in [0.05, 0.1) is 6.61 Å². The van der Waals surface area contributed by atoms with Gasteiger partial charge in [0, 0.05) is 5.92 Å². The Morgan fingerprint density at radius 3 is 2.80 bits per heavy atom. The van der Waals surface area contributed by atoms with Crippen molar-refractivity contribution in [1.82, 2.24) is 10.1 Å². The van der Waals surface area contributed by atoms with Crippen molar-refractivity contribution in [1.29, 1.82) is 0 Å². The third-order valence-electron chi connectivity index (χ3n) is 3.30. The molecule has 0 saturated heterocycles. The summed E-state index contributed by atoms with van der Waals surface area (Å²) in [5.41, 5.74) is 0.803. The number of rotatable bonds is 5. The predicted octanol–water partition coefficient (Wildman–Crippen LogP) is 2.64. The van der Waals surface area contributed by atoms with Gasteiger partial charge in [-0.05, 0) is 25.3 Å². The third-order valence-corrected chi connectivity index (χ3v) is 3.30. The van der Waals surface area contributed by atoms with Crippen molar-refractivity contribution >= 4 is 5.97 Å². The van der Waals surface area contributed by atoms with E-state index in [1.807, 2.05) is 30.3 Å². The number of nitrogens with zero attached hydrogens (tertiary/aromatic N) is 2. The summed E-state index contributed by atoms with van der Waals surface area (Å²) in [6, 6.07) is 9.37. The van der Waals surface area contributed by atoms with E-state index < -0.39 is 5.92 Å². The van der Waals surface area contributed by atoms with Crippen LogP contribution in [-0.4, -0.2) is 22.7 Å². The average molecular weight is 272 g/mol. The van der Waals surface area contributed by atoms with Gasteiger partial charge in [-0.1, -0.05) is 35.5 Å². The van der Waals surface area contributed by atoms with Crippen LogP contribution < -0.4 is 0 Å². The molecule has 104 valence electrons. The maximum absolute atomic E-state index is 12.2. The molecule has 1 saturated carbocycles. The third kappa shape index (κ3) is 2.57. The minimum absolute atomic E-state index is 0.316. The van der Waals surface area contributed by atoms with Gasteiger partial charge in [-0.25, -0.2) is 0 Å². The molecule has 5 heteroatoms. The lowest BCUT2D eigenvalue weighted by atomic mass is 9.99. The van der Waals surface area contributed by atoms with Crippen LogP contribution in [0.2, 0.25) is 0 Å². The molecule has 0 spiro atoms. The van der Waals surface area contributed by atoms with Crippen LogP contribution in [0, 0.1) is 0 Å². The van der Waals surface area contributed by atoms with Crippen LogP contribution >= 0.6 is 0 Å². The fourth-order valence-electron chi connectivity index (χ4n) is 2.12. The Bertz CT molecular complexity index is 590. The molecule has 5 nitrogen and oxygen atoms in total. The van der Waals surface area contributed by atoms with Crippen LogP contribution in [0.25, 0.3) is 0 Å². The highest BCUT2D eigenvalue weighted by atomic mass is 16.5. The van der Waals surface area contributed by atoms with E-state index in [1.165, 1.54) is 0 Å². The highest BCUT2D eigenvalue weighted by Gasteiger charge is 2.34. The molecule has 0 N–H and O–H groups in total. The summed E-state index contributed by atoms with van der Waals surface area (Å²) in [5, 5.41) is 3.97. The first-order valence-corrected chi connectivity index (χ1v) is 6.84. The number of aromatic nitrogens is 2. The van der Waals surface area contributed by atoms with Crippen molar-refractivity contribution < 1.29 is 14.1 Å². The highest BCUT2D eigenvalue weighted by Crippen LogP contribution is 2.39. The van der Waals surface area contributed by atoms with Crippen LogP contribution in [0.15, 0.2) is 34.9 Å². The van der Waals surface area contributed by atoms with Gasteiger partial charge in [-0.2, -0.15) is 4.98 Å². The van der Waals surface area contributed by atoms with E-state index in [0.29, 0.717) is 24.2 Å². The zero-order valence-corrected chi connectivity index (χ0v) is 11.3. The largest absolute Gasteiger partial charge is 0.465 e. The SMILES string of the molecule is CCOC(=O)C(c1ccccc1)c1nc(C2CC2)no1. The second kappa shape index (κ2) is 5.45. The van der Waals surface area contributed by atoms with Gasteiger partial charge in [0.1, 0.15) is 0 Å². The van der Waals surface area contributed by atoms with Crippen molar-refractivity contribution in [2.75, 3.05) is 6.61 Å². The Hall–Kier alpha value is -2.17. The average Bonchev–Trinajstić information content (AvgIpc) is 3.21. The molecule has 1 aromatic heterocycles. The summed E-state index contributed by atoms with van der Waals surface area (Å²) < 4.78 is 10.4. The second-order valence-corrected chi connectivity index (χ2v) is 4.86. The summed E-state index contributed by atoms with van der Waals surface area (Å²) >= 11 is 0. The Balaban J connectivity index is 1.93. The molecule has 0 amide bonds. The molecule has 0 bridgehead atoms. The number of benzene rings is 1. The molecule has 1 heterocycles. The molecule has 1 aliphatic rings. The molecule has 1 fully saturated rings. The first-order valence-electron chi connectivity index (χ1n) is 6.84. The molecular formula is C15H16N2O3. The van der Waals surface area contributed by atoms with Gasteiger partial charge in [-0.3, -0.25) is 4.79 Å². The quantitative estimate of drug-likeness (QED) is 0.783. The van der Waals surface area contributed by atoms with Crippen LogP contribution in [0.5, 0.6) is 0 Å². The Morgan fingerprint density at radius 2 is 2.15 bits per heavy atom. The van der Waals surface area contributed by atoms with Gasteiger partial charge in [0.2, 0.25) is 5.89 Å². The Labute approximate surface area is 116 Å². The van der Waals surface area contributed by atoms with Gasteiger partial charge in [0.15, 0.2) is 11.7 Å². The zero-order chi connectivity index (χ0) is 13.9. The van der Waals surface area contributed by atoms with E-state index in [0.717, 1.165) is 18.4 Å². The molecule has 0 aliphatic heterocycles. The maximum atomic E-state index is 12.2. The first kappa shape index (κ1) is 12.8. The summed E-state index contributed by atoms with van der Waals surface area (Å²) in [4.78, 5) is 16.6. The maximum Gasteiger partial charge on any atom is 0.323 e. The van der Waals surface area contributed by atoms with Crippen molar-refractivity contribution in [2.45, 2.75) is 31.6 Å². The molecule has 3 rings (SSSR count). The minimum Gasteiger partial charge on any atom is -0.465 e. The standard InChI is InChI=1S/C15H16N2O3/c1-2-19-15(18)12(10-6-4-3-5-7-10)14-16-13(17-20-14)11-8-9-11/h3-7,11-12H,2,8-9H2,1H3. The van der Waals surface area contributed by atoms with Crippen LogP contribution in [0.4, 0.5) is 0 Å². The summed E-state index contributed by atoms with van der Waals surface area (Å²) in [6.45, 7) is 2.11. The molecule has 1 unspecified atom stereocenters. The van der Waals surface area contributed by atoms with Crippen molar-refractivity contribution in [3.8, 4) is 0 Å². The summed E-state index contributed by atoms with van der Waals surface area (Å²) in [5.74, 6) is 0.411. The van der Waals surface area contributed by atoms with Crippen LogP contribution in [0.1, 0.15) is 48.9 Å². The molecule has 0 radical (unpaired) electrons. The zero-order valence-electron chi connectivity index (χ0n) is 11.3. The van der Waals surface area contributed by atoms with E-state index >= 15 is 0 Å². The second-order valence-electron chi connectivity index (χ2n) is 4.86. The van der Waals surface area contributed by atoms with E-state index in [-0.39, 0.29) is 5.97 Å². The monoisotopic (exact) mass is 272 g/mol. The normalized spacial score (nSPS) is 15.8. The molecule has 1 atom stereocenters. The Kier molecular flexibility index (Phi) is 3.50. The number of hydrogen-bond acceptors (Lipinski definition) is 5. The number of carbonyl (C=O) groups is 1. The molecular weight excluding hydrogens is 256 g/mol. The van der Waals surface area contributed by atoms with Crippen LogP contribution in [0.3, 0.4) is 0 Å². The smallest absolute Gasteiger partial charge is 0.323 e. The van der Waals surface area contributed by atoms with E-state index in [1.54, 1.807) is 6.92 Å². The van der Waals surface area contributed by atoms with Crippen molar-refractivity contribution in [2.24, 2.45) is 0 Å². The Morgan fingerprint density at radius 1 is 1.40 bits per heavy atom. The van der Waals surface area contributed by atoms with E-state index in [9.17, 15) is 4.79 Å². The molecule has 1 aromatic carbocycles. The highest BCUT2D eigenvalue weighted by molar-refractivity contribution is 5.80. The topological polar surface area (TPSA) is 65.2 Å². The first-order chi connectivity index (χ1) is 9.79. The number of esters is 1. The van der Waals surface area contributed by atoms with Gasteiger partial charge < -0.3 is 9.26 Å². The summed E-state index contributed by atoms with van der Waals surface area (Å²) in [6.07, 6.45) is 2.18. The van der Waals surface area contributed by atoms with E-state index in [2.05, 4.69) is 10.1 Å². The lowest BCUT2D eigenvalue weighted by Crippen LogP contribution is -2.17. The molecule has 2 aromatic rings. The lowest BCUT2D eigenvalue weighted by Gasteiger charge is -2.11. The van der Waals surface area contributed by atoms with Crippen molar-refractivity contribution in [3.05, 3.63) is 47.6 Å². The molecule has 20 heavy (non-hydrogen) atoms. The van der Waals surface area contributed by atoms with Gasteiger partial charge in [-0.15, -0.1) is 0 Å². The van der Waals surface area contributed by atoms with Crippen LogP contribution in [-0.2, 0) is 9.53 Å². The number of hydrogen-bond donors (Lipinski definition) is 0. The number of ether oxygens (including phenoxy) is 1. The fourth-order valence-corrected chi connectivity index (χ4v) is 2.12. The van der Waals surface area contributed by atoms with Crippen molar-refractivity contribution in [3.63, 3.8) is 0 Å². The number of carbonyl (C=O) groups excluding carboxylic acids is 1. The minimum atomic E-state index is -0.642. The van der Waals surface area contributed by atoms with E-state index in [4.69, 9.17) is 9.26 Å². The summed E-state index contributed by atoms with van der Waals surface area (Å²) in [7, 11) is 0. The van der Waals surface area contributed by atoms with Gasteiger partial charge in [0.25, 0.3) is 0 Å². The lowest BCUT2D eigenvalue weighted by molar-refractivity contribution is -0.144. The van der Waals surface area contributed by atoms with Gasteiger partial charge >= 0.3 is 5.97 Å².